The average Bonchev–Trinajstić information content (AvgIpc) is 2.08. The average molecular weight is 219 g/mol. The van der Waals surface area contributed by atoms with E-state index in [2.05, 4.69) is 5.32 Å². The number of hydrogen-bond donors (Lipinski definition) is 2. The molecule has 3 nitrogen and oxygen atoms in total. The molecule has 1 aromatic carbocycles. The third-order valence-corrected chi connectivity index (χ3v) is 1.63. The molecule has 2 amide bonds. The lowest BCUT2D eigenvalue weighted by atomic mass is 10.1. The lowest BCUT2D eigenvalue weighted by Crippen LogP contribution is -2.30. The van der Waals surface area contributed by atoms with Gasteiger partial charge in [-0.15, -0.1) is 12.4 Å². The smallest absolute Gasteiger partial charge is 0.312 e. The molecule has 0 spiro atoms. The maximum atomic E-state index is 12.4. The van der Waals surface area contributed by atoms with Crippen LogP contribution in [0.15, 0.2) is 24.3 Å². The number of urea groups is 1. The minimum atomic E-state index is -0.540. The van der Waals surface area contributed by atoms with Crippen molar-refractivity contribution in [3.05, 3.63) is 35.6 Å². The second-order valence-corrected chi connectivity index (χ2v) is 2.67. The predicted octanol–water partition coefficient (Wildman–Crippen LogP) is 1.46. The van der Waals surface area contributed by atoms with Crippen LogP contribution in [0.2, 0.25) is 0 Å². The van der Waals surface area contributed by atoms with Crippen LogP contribution in [0, 0.1) is 5.82 Å². The Hall–Kier alpha value is -1.29. The van der Waals surface area contributed by atoms with Crippen LogP contribution in [-0.4, -0.2) is 12.6 Å². The van der Waals surface area contributed by atoms with Crippen molar-refractivity contribution >= 4 is 18.4 Å². The van der Waals surface area contributed by atoms with E-state index in [0.29, 0.717) is 13.0 Å². The summed E-state index contributed by atoms with van der Waals surface area (Å²) >= 11 is 0. The van der Waals surface area contributed by atoms with E-state index in [1.807, 2.05) is 0 Å². The van der Waals surface area contributed by atoms with Crippen molar-refractivity contribution in [3.8, 4) is 0 Å². The number of benzene rings is 1. The van der Waals surface area contributed by atoms with Crippen LogP contribution in [0.1, 0.15) is 5.56 Å². The molecule has 0 radical (unpaired) electrons. The normalized spacial score (nSPS) is 8.93. The summed E-state index contributed by atoms with van der Waals surface area (Å²) in [6, 6.07) is 5.59. The van der Waals surface area contributed by atoms with E-state index in [1.165, 1.54) is 12.1 Å². The Labute approximate surface area is 87.9 Å². The summed E-state index contributed by atoms with van der Waals surface area (Å²) in [5.41, 5.74) is 5.84. The summed E-state index contributed by atoms with van der Waals surface area (Å²) in [5, 5.41) is 2.45. The van der Waals surface area contributed by atoms with Crippen LogP contribution in [0.4, 0.5) is 9.18 Å². The highest BCUT2D eigenvalue weighted by Crippen LogP contribution is 2.02. The molecule has 0 aliphatic carbocycles. The number of nitrogens with one attached hydrogen (secondary N) is 1. The van der Waals surface area contributed by atoms with Gasteiger partial charge in [0, 0.05) is 6.54 Å². The summed E-state index contributed by atoms with van der Waals surface area (Å²) in [6.07, 6.45) is 0.656. The van der Waals surface area contributed by atoms with Gasteiger partial charge in [-0.25, -0.2) is 9.18 Å². The van der Waals surface area contributed by atoms with Gasteiger partial charge in [-0.05, 0) is 24.1 Å². The first-order valence-corrected chi connectivity index (χ1v) is 3.96. The molecule has 0 saturated carbocycles. The van der Waals surface area contributed by atoms with Crippen LogP contribution in [0.3, 0.4) is 0 Å². The highest BCUT2D eigenvalue weighted by Gasteiger charge is 1.94. The third kappa shape index (κ3) is 4.67. The van der Waals surface area contributed by atoms with Gasteiger partial charge in [-0.3, -0.25) is 0 Å². The monoisotopic (exact) mass is 218 g/mol. The minimum Gasteiger partial charge on any atom is -0.352 e. The fourth-order valence-corrected chi connectivity index (χ4v) is 0.981. The number of carbonyl (C=O) groups is 1. The van der Waals surface area contributed by atoms with Crippen molar-refractivity contribution in [2.45, 2.75) is 6.42 Å². The zero-order valence-corrected chi connectivity index (χ0v) is 8.31. The molecular formula is C9H12ClFN2O. The maximum absolute atomic E-state index is 12.4. The molecular weight excluding hydrogens is 207 g/mol. The molecule has 1 rings (SSSR count). The second-order valence-electron chi connectivity index (χ2n) is 2.67. The number of amides is 2. The lowest BCUT2D eigenvalue weighted by Gasteiger charge is -2.01. The van der Waals surface area contributed by atoms with Crippen LogP contribution >= 0.6 is 12.4 Å². The number of rotatable bonds is 3. The Morgan fingerprint density at radius 1 is 1.36 bits per heavy atom. The van der Waals surface area contributed by atoms with Crippen LogP contribution in [0.25, 0.3) is 0 Å². The first-order valence-electron chi connectivity index (χ1n) is 3.96. The Morgan fingerprint density at radius 2 is 1.93 bits per heavy atom. The molecule has 3 N–H and O–H groups in total. The van der Waals surface area contributed by atoms with Crippen molar-refractivity contribution in [1.29, 1.82) is 0 Å². The summed E-state index contributed by atoms with van der Waals surface area (Å²) < 4.78 is 12.4. The summed E-state index contributed by atoms with van der Waals surface area (Å²) in [4.78, 5) is 10.3. The van der Waals surface area contributed by atoms with E-state index in [4.69, 9.17) is 5.73 Å². The van der Waals surface area contributed by atoms with Gasteiger partial charge in [0.2, 0.25) is 0 Å². The Bertz CT molecular complexity index is 289. The molecule has 0 aromatic heterocycles. The number of hydrogen-bond acceptors (Lipinski definition) is 1. The van der Waals surface area contributed by atoms with E-state index < -0.39 is 6.03 Å². The number of halogens is 2. The van der Waals surface area contributed by atoms with E-state index >= 15 is 0 Å². The zero-order valence-electron chi connectivity index (χ0n) is 7.50. The molecule has 1 aromatic rings. The highest BCUT2D eigenvalue weighted by molar-refractivity contribution is 5.85. The molecule has 0 bridgehead atoms. The van der Waals surface area contributed by atoms with Crippen LogP contribution in [-0.2, 0) is 6.42 Å². The van der Waals surface area contributed by atoms with Crippen molar-refractivity contribution in [2.24, 2.45) is 5.73 Å². The molecule has 0 fully saturated rings. The molecule has 0 atom stereocenters. The van der Waals surface area contributed by atoms with Gasteiger partial charge >= 0.3 is 6.03 Å². The van der Waals surface area contributed by atoms with Crippen LogP contribution < -0.4 is 11.1 Å². The first-order chi connectivity index (χ1) is 6.18. The predicted molar refractivity (Wildman–Crippen MR) is 54.9 cm³/mol. The lowest BCUT2D eigenvalue weighted by molar-refractivity contribution is 0.249. The fourth-order valence-electron chi connectivity index (χ4n) is 0.981. The molecule has 0 saturated heterocycles. The quantitative estimate of drug-likeness (QED) is 0.793. The van der Waals surface area contributed by atoms with E-state index in [0.717, 1.165) is 5.56 Å². The van der Waals surface area contributed by atoms with Crippen molar-refractivity contribution < 1.29 is 9.18 Å². The molecule has 5 heteroatoms. The van der Waals surface area contributed by atoms with E-state index in [9.17, 15) is 9.18 Å². The van der Waals surface area contributed by atoms with Gasteiger partial charge in [0.1, 0.15) is 5.82 Å². The number of nitrogens with two attached hydrogens (primary N) is 1. The van der Waals surface area contributed by atoms with Crippen molar-refractivity contribution in [3.63, 3.8) is 0 Å². The van der Waals surface area contributed by atoms with E-state index in [-0.39, 0.29) is 18.2 Å². The van der Waals surface area contributed by atoms with E-state index in [1.54, 1.807) is 12.1 Å². The third-order valence-electron chi connectivity index (χ3n) is 1.63. The minimum absolute atomic E-state index is 0. The molecule has 0 aliphatic rings. The molecule has 78 valence electrons. The standard InChI is InChI=1S/C9H11FN2O.ClH/c10-8-3-1-7(2-4-8)5-6-12-9(11)13;/h1-4H,5-6H2,(H3,11,12,13);1H. The Kier molecular flexibility index (Phi) is 5.64. The summed E-state index contributed by atoms with van der Waals surface area (Å²) in [7, 11) is 0. The molecule has 14 heavy (non-hydrogen) atoms. The Balaban J connectivity index is 0.00000169. The summed E-state index contributed by atoms with van der Waals surface area (Å²) in [5.74, 6) is -0.258. The number of carbonyl (C=O) groups excluding carboxylic acids is 1. The number of primary amides is 1. The first kappa shape index (κ1) is 12.7. The van der Waals surface area contributed by atoms with Crippen molar-refractivity contribution in [2.75, 3.05) is 6.54 Å². The Morgan fingerprint density at radius 3 is 2.43 bits per heavy atom. The van der Waals surface area contributed by atoms with Crippen molar-refractivity contribution in [1.82, 2.24) is 5.32 Å². The SMILES string of the molecule is Cl.NC(=O)NCCc1ccc(F)cc1. The van der Waals surface area contributed by atoms with Gasteiger partial charge in [0.05, 0.1) is 0 Å². The second kappa shape index (κ2) is 6.21. The maximum Gasteiger partial charge on any atom is 0.312 e. The topological polar surface area (TPSA) is 55.1 Å². The van der Waals surface area contributed by atoms with Gasteiger partial charge in [-0.2, -0.15) is 0 Å². The largest absolute Gasteiger partial charge is 0.352 e. The van der Waals surface area contributed by atoms with Gasteiger partial charge in [-0.1, -0.05) is 12.1 Å². The zero-order chi connectivity index (χ0) is 9.68. The summed E-state index contributed by atoms with van der Waals surface area (Å²) in [6.45, 7) is 0.473. The highest BCUT2D eigenvalue weighted by atomic mass is 35.5. The molecule has 0 heterocycles. The molecule has 0 aliphatic heterocycles. The van der Waals surface area contributed by atoms with Gasteiger partial charge < -0.3 is 11.1 Å². The van der Waals surface area contributed by atoms with Gasteiger partial charge in [0.25, 0.3) is 0 Å². The molecule has 0 unspecified atom stereocenters. The van der Waals surface area contributed by atoms with Gasteiger partial charge in [0.15, 0.2) is 0 Å². The van der Waals surface area contributed by atoms with Crippen LogP contribution in [0.5, 0.6) is 0 Å². The fraction of sp³-hybridized carbons (Fsp3) is 0.222.